The molecule has 0 radical (unpaired) electrons. The lowest BCUT2D eigenvalue weighted by Gasteiger charge is -2.27. The third-order valence-electron chi connectivity index (χ3n) is 9.25. The van der Waals surface area contributed by atoms with Crippen molar-refractivity contribution in [1.29, 1.82) is 0 Å². The number of aryl methyl sites for hydroxylation is 1. The van der Waals surface area contributed by atoms with Gasteiger partial charge in [-0.25, -0.2) is 9.97 Å². The molecule has 1 unspecified atom stereocenters. The summed E-state index contributed by atoms with van der Waals surface area (Å²) in [6.07, 6.45) is 3.63. The van der Waals surface area contributed by atoms with E-state index in [1.807, 2.05) is 6.07 Å². The monoisotopic (exact) mass is 787 g/mol. The number of carbonyl (C=O) groups is 6. The van der Waals surface area contributed by atoms with Crippen molar-refractivity contribution < 1.29 is 33.5 Å². The number of nitrogens with one attached hydrogen (secondary N) is 6. The van der Waals surface area contributed by atoms with E-state index in [1.165, 1.54) is 26.4 Å². The number of nitrogens with zero attached hydrogens (tertiary/aromatic N) is 7. The number of ether oxygens (including phenoxy) is 1. The minimum absolute atomic E-state index is 0.0314. The first-order valence-electron chi connectivity index (χ1n) is 18.0. The average Bonchev–Trinajstić information content (AvgIpc) is 3.76. The number of rotatable bonds is 14. The maximum absolute atomic E-state index is 13.1. The van der Waals surface area contributed by atoms with Crippen LogP contribution in [0.25, 0.3) is 11.4 Å². The van der Waals surface area contributed by atoms with E-state index in [1.54, 1.807) is 60.5 Å². The fourth-order valence-electron chi connectivity index (χ4n) is 6.41. The fraction of sp³-hybridized carbons (Fsp3) is 0.237. The zero-order valence-electron chi connectivity index (χ0n) is 31.5. The van der Waals surface area contributed by atoms with Crippen molar-refractivity contribution in [2.24, 2.45) is 7.05 Å². The van der Waals surface area contributed by atoms with Gasteiger partial charge in [-0.05, 0) is 55.3 Å². The molecule has 1 atom stereocenters. The molecule has 20 heteroatoms. The number of aromatic nitrogens is 6. The van der Waals surface area contributed by atoms with Gasteiger partial charge in [0.1, 0.15) is 18.2 Å². The molecule has 6 amide bonds. The van der Waals surface area contributed by atoms with Crippen molar-refractivity contribution in [2.45, 2.75) is 25.3 Å². The smallest absolute Gasteiger partial charge is 0.273 e. The Morgan fingerprint density at radius 1 is 0.879 bits per heavy atom. The summed E-state index contributed by atoms with van der Waals surface area (Å²) in [5.74, 6) is -1.54. The van der Waals surface area contributed by atoms with Crippen molar-refractivity contribution in [2.75, 3.05) is 43.2 Å². The molecule has 3 aromatic heterocycles. The molecule has 1 fully saturated rings. The van der Waals surface area contributed by atoms with Crippen molar-refractivity contribution in [1.82, 2.24) is 50.8 Å². The van der Waals surface area contributed by atoms with Gasteiger partial charge in [0, 0.05) is 51.6 Å². The van der Waals surface area contributed by atoms with E-state index in [2.05, 4.69) is 57.2 Å². The lowest BCUT2D eigenvalue weighted by Crippen LogP contribution is -2.54. The number of anilines is 5. The van der Waals surface area contributed by atoms with Gasteiger partial charge in [0.2, 0.25) is 11.8 Å². The number of pyridine rings is 1. The third-order valence-corrected chi connectivity index (χ3v) is 9.25. The zero-order valence-corrected chi connectivity index (χ0v) is 31.5. The summed E-state index contributed by atoms with van der Waals surface area (Å²) in [7, 11) is 4.77. The number of carbonyl (C=O) groups excluding carboxylic acids is 6. The molecule has 0 bridgehead atoms. The van der Waals surface area contributed by atoms with Gasteiger partial charge in [-0.3, -0.25) is 43.7 Å². The minimum Gasteiger partial charge on any atom is -0.494 e. The van der Waals surface area contributed by atoms with Crippen molar-refractivity contribution in [3.05, 3.63) is 89.5 Å². The summed E-state index contributed by atoms with van der Waals surface area (Å²) in [6.45, 7) is 0.766. The number of methoxy groups -OCH3 is 1. The van der Waals surface area contributed by atoms with Crippen LogP contribution in [-0.2, 0) is 16.6 Å². The molecule has 6 N–H and O–H groups in total. The van der Waals surface area contributed by atoms with Gasteiger partial charge in [-0.1, -0.05) is 6.07 Å². The molecule has 5 heterocycles. The number of piperidine rings is 1. The summed E-state index contributed by atoms with van der Waals surface area (Å²) in [6, 6.07) is 13.9. The molecule has 58 heavy (non-hydrogen) atoms. The summed E-state index contributed by atoms with van der Waals surface area (Å²) < 4.78 is 7.29. The highest BCUT2D eigenvalue weighted by Crippen LogP contribution is 2.37. The van der Waals surface area contributed by atoms with Crippen molar-refractivity contribution in [3.63, 3.8) is 0 Å². The first-order chi connectivity index (χ1) is 28.0. The standard InChI is InChI=1S/C38H37N13O7/c1-39-36(55)31-26(44-25-7-4-6-23(32(25)58-3)33-43-19-50(2)49-33)17-29(47-48-31)45-28-12-8-20(18-42-28)34(53)41-15-5-14-40-21-9-10-22-24(16-21)38(57)51(37(22)56)27-11-13-30(52)46-35(27)54/h4,6-10,12,16-19,27,40H,5,11,13-15H2,1-3H3,(H,39,55)(H,41,53)(H,46,52,54)(H2,42,44,45,47). The van der Waals surface area contributed by atoms with Crippen molar-refractivity contribution in [3.8, 4) is 17.1 Å². The van der Waals surface area contributed by atoms with E-state index >= 15 is 0 Å². The zero-order chi connectivity index (χ0) is 40.9. The second-order valence-electron chi connectivity index (χ2n) is 13.1. The lowest BCUT2D eigenvalue weighted by molar-refractivity contribution is -0.136. The quantitative estimate of drug-likeness (QED) is 0.0696. The largest absolute Gasteiger partial charge is 0.494 e. The number of amides is 6. The van der Waals surface area contributed by atoms with Crippen LogP contribution < -0.4 is 36.6 Å². The molecule has 2 aliphatic heterocycles. The Morgan fingerprint density at radius 2 is 1.71 bits per heavy atom. The molecule has 20 nitrogen and oxygen atoms in total. The average molecular weight is 788 g/mol. The topological polar surface area (TPSA) is 256 Å². The summed E-state index contributed by atoms with van der Waals surface area (Å²) in [5.41, 5.74) is 2.78. The lowest BCUT2D eigenvalue weighted by atomic mass is 10.0. The highest BCUT2D eigenvalue weighted by molar-refractivity contribution is 6.23. The van der Waals surface area contributed by atoms with Gasteiger partial charge in [0.05, 0.1) is 40.7 Å². The van der Waals surface area contributed by atoms with Crippen LogP contribution in [0.1, 0.15) is 60.8 Å². The van der Waals surface area contributed by atoms with Gasteiger partial charge in [-0.2, -0.15) is 5.10 Å². The molecule has 7 rings (SSSR count). The van der Waals surface area contributed by atoms with Crippen LogP contribution in [0.3, 0.4) is 0 Å². The molecule has 0 saturated carbocycles. The van der Waals surface area contributed by atoms with Crippen molar-refractivity contribution >= 4 is 64.1 Å². The number of benzene rings is 2. The first kappa shape index (κ1) is 38.5. The summed E-state index contributed by atoms with van der Waals surface area (Å²) in [4.78, 5) is 85.1. The SMILES string of the molecule is CNC(=O)c1nnc(Nc2ccc(C(=O)NCCCNc3ccc4c(c3)C(=O)N(C3CCC(=O)NC3=O)C4=O)cn2)cc1Nc1cccc(-c2ncn(C)n2)c1OC. The van der Waals surface area contributed by atoms with Gasteiger partial charge >= 0.3 is 0 Å². The Morgan fingerprint density at radius 3 is 2.43 bits per heavy atom. The normalized spacial score (nSPS) is 14.7. The van der Waals surface area contributed by atoms with E-state index in [0.29, 0.717) is 65.1 Å². The third kappa shape index (κ3) is 7.96. The molecule has 2 aromatic carbocycles. The van der Waals surface area contributed by atoms with E-state index in [4.69, 9.17) is 4.74 Å². The van der Waals surface area contributed by atoms with Gasteiger partial charge in [-0.15, -0.1) is 10.2 Å². The Hall–Kier alpha value is -7.77. The second kappa shape index (κ2) is 16.5. The number of imide groups is 2. The van der Waals surface area contributed by atoms with Crippen LogP contribution in [0.4, 0.5) is 28.7 Å². The van der Waals surface area contributed by atoms with Gasteiger partial charge in [0.25, 0.3) is 23.6 Å². The van der Waals surface area contributed by atoms with Gasteiger partial charge < -0.3 is 31.3 Å². The Kier molecular flexibility index (Phi) is 11.0. The second-order valence-corrected chi connectivity index (χ2v) is 13.1. The van der Waals surface area contributed by atoms with Crippen LogP contribution in [0.5, 0.6) is 5.75 Å². The van der Waals surface area contributed by atoms with E-state index in [-0.39, 0.29) is 41.4 Å². The highest BCUT2D eigenvalue weighted by Gasteiger charge is 2.44. The Bertz CT molecular complexity index is 2450. The molecular weight excluding hydrogens is 751 g/mol. The minimum atomic E-state index is -1.04. The number of hydrogen-bond acceptors (Lipinski definition) is 15. The molecule has 5 aromatic rings. The van der Waals surface area contributed by atoms with Crippen LogP contribution in [0.15, 0.2) is 67.1 Å². The molecule has 2 aliphatic rings. The molecular formula is C38H37N13O7. The van der Waals surface area contributed by atoms with E-state index in [9.17, 15) is 28.8 Å². The maximum atomic E-state index is 13.1. The van der Waals surface area contributed by atoms with Crippen LogP contribution in [-0.4, -0.2) is 104 Å². The van der Waals surface area contributed by atoms with Crippen LogP contribution in [0.2, 0.25) is 0 Å². The number of hydrogen-bond donors (Lipinski definition) is 6. The molecule has 0 spiro atoms. The molecule has 0 aliphatic carbocycles. The predicted molar refractivity (Wildman–Crippen MR) is 208 cm³/mol. The van der Waals surface area contributed by atoms with E-state index < -0.39 is 35.6 Å². The van der Waals surface area contributed by atoms with Gasteiger partial charge in [0.15, 0.2) is 23.1 Å². The Labute approximate surface area is 330 Å². The number of fused-ring (bicyclic) bond motifs is 1. The summed E-state index contributed by atoms with van der Waals surface area (Å²) in [5, 5.41) is 29.7. The fourth-order valence-corrected chi connectivity index (χ4v) is 6.41. The summed E-state index contributed by atoms with van der Waals surface area (Å²) >= 11 is 0. The highest BCUT2D eigenvalue weighted by atomic mass is 16.5. The van der Waals surface area contributed by atoms with Crippen LogP contribution in [0, 0.1) is 0 Å². The maximum Gasteiger partial charge on any atom is 0.273 e. The Balaban J connectivity index is 0.929. The van der Waals surface area contributed by atoms with E-state index in [0.717, 1.165) is 4.90 Å². The predicted octanol–water partition coefficient (Wildman–Crippen LogP) is 2.16. The number of para-hydroxylation sites is 1. The first-order valence-corrected chi connectivity index (χ1v) is 18.0. The van der Waals surface area contributed by atoms with Crippen LogP contribution >= 0.6 is 0 Å². The molecule has 1 saturated heterocycles. The molecule has 296 valence electrons.